The first-order valence-electron chi connectivity index (χ1n) is 11.1. The molecular weight excluding hydrogens is 446 g/mol. The second-order valence-electron chi connectivity index (χ2n) is 8.64. The Bertz CT molecular complexity index is 1570. The Balaban J connectivity index is 1.62. The number of hydrogen-bond acceptors (Lipinski definition) is 7. The summed E-state index contributed by atoms with van der Waals surface area (Å²) < 4.78 is 6.75. The number of ether oxygens (including phenoxy) is 1. The molecule has 5 aromatic rings. The van der Waals surface area contributed by atoms with Crippen LogP contribution in [0.3, 0.4) is 0 Å². The maximum absolute atomic E-state index is 13.5. The first-order chi connectivity index (χ1) is 16.4. The Morgan fingerprint density at radius 3 is 2.47 bits per heavy atom. The highest BCUT2D eigenvalue weighted by Crippen LogP contribution is 2.30. The molecule has 0 spiro atoms. The van der Waals surface area contributed by atoms with Gasteiger partial charge in [0.1, 0.15) is 10.6 Å². The minimum atomic E-state index is -0.130. The van der Waals surface area contributed by atoms with Gasteiger partial charge >= 0.3 is 0 Å². The fraction of sp³-hybridized carbons (Fsp3) is 0.269. The van der Waals surface area contributed by atoms with Crippen LogP contribution in [0.4, 0.5) is 5.82 Å². The standard InChI is InChI=1S/C26H27N5O2S/c1-15-16(2)34-25-22(15)26(32)31-24(28-25)20-9-7-6-8-19(20)23(29-31)27-14-21(30(3)4)17-10-12-18(33-5)13-11-17/h6-13,21H,14H2,1-5H3,(H,27,29)/t21-/m1/s1. The number of thiophene rings is 1. The van der Waals surface area contributed by atoms with Crippen LogP contribution in [-0.2, 0) is 0 Å². The maximum atomic E-state index is 13.5. The summed E-state index contributed by atoms with van der Waals surface area (Å²) in [4.78, 5) is 22.3. The van der Waals surface area contributed by atoms with Gasteiger partial charge in [0.2, 0.25) is 0 Å². The molecule has 34 heavy (non-hydrogen) atoms. The molecule has 0 saturated heterocycles. The molecule has 0 bridgehead atoms. The van der Waals surface area contributed by atoms with Crippen LogP contribution in [0, 0.1) is 13.8 Å². The second kappa shape index (κ2) is 8.70. The van der Waals surface area contributed by atoms with Crippen molar-refractivity contribution in [1.82, 2.24) is 19.5 Å². The Labute approximate surface area is 201 Å². The number of benzene rings is 2. The molecule has 5 rings (SSSR count). The van der Waals surface area contributed by atoms with E-state index in [1.54, 1.807) is 18.4 Å². The molecule has 0 aliphatic rings. The molecule has 1 atom stereocenters. The van der Waals surface area contributed by atoms with Crippen molar-refractivity contribution >= 4 is 43.8 Å². The summed E-state index contributed by atoms with van der Waals surface area (Å²) >= 11 is 1.56. The molecule has 3 aromatic heterocycles. The van der Waals surface area contributed by atoms with Gasteiger partial charge in [0.15, 0.2) is 11.5 Å². The summed E-state index contributed by atoms with van der Waals surface area (Å²) in [6.07, 6.45) is 0. The van der Waals surface area contributed by atoms with Crippen molar-refractivity contribution in [2.24, 2.45) is 0 Å². The average Bonchev–Trinajstić information content (AvgIpc) is 3.13. The zero-order chi connectivity index (χ0) is 24.0. The number of methoxy groups -OCH3 is 1. The van der Waals surface area contributed by atoms with E-state index >= 15 is 0 Å². The molecule has 0 aliphatic heterocycles. The van der Waals surface area contributed by atoms with Gasteiger partial charge in [0.05, 0.1) is 18.5 Å². The van der Waals surface area contributed by atoms with Crippen LogP contribution in [0.1, 0.15) is 22.0 Å². The summed E-state index contributed by atoms with van der Waals surface area (Å²) in [6, 6.07) is 16.1. The lowest BCUT2D eigenvalue weighted by molar-refractivity contribution is 0.311. The minimum Gasteiger partial charge on any atom is -0.497 e. The third-order valence-corrected chi connectivity index (χ3v) is 7.49. The molecule has 0 aliphatic carbocycles. The molecule has 0 radical (unpaired) electrons. The van der Waals surface area contributed by atoms with Crippen LogP contribution in [0.25, 0.3) is 26.6 Å². The van der Waals surface area contributed by atoms with Crippen LogP contribution in [0.15, 0.2) is 53.3 Å². The molecule has 1 N–H and O–H groups in total. The van der Waals surface area contributed by atoms with Crippen molar-refractivity contribution in [3.8, 4) is 5.75 Å². The van der Waals surface area contributed by atoms with E-state index in [0.717, 1.165) is 37.4 Å². The number of fused-ring (bicyclic) bond motifs is 4. The monoisotopic (exact) mass is 473 g/mol. The summed E-state index contributed by atoms with van der Waals surface area (Å²) in [6.45, 7) is 4.61. The van der Waals surface area contributed by atoms with Crippen LogP contribution in [-0.4, -0.2) is 47.2 Å². The van der Waals surface area contributed by atoms with Gasteiger partial charge in [0.25, 0.3) is 5.56 Å². The number of likely N-dealkylation sites (N-methyl/N-ethyl adjacent to an activating group) is 1. The highest BCUT2D eigenvalue weighted by atomic mass is 32.1. The van der Waals surface area contributed by atoms with E-state index in [2.05, 4.69) is 36.4 Å². The highest BCUT2D eigenvalue weighted by molar-refractivity contribution is 7.18. The van der Waals surface area contributed by atoms with Gasteiger partial charge < -0.3 is 15.0 Å². The lowest BCUT2D eigenvalue weighted by atomic mass is 10.1. The highest BCUT2D eigenvalue weighted by Gasteiger charge is 2.19. The van der Waals surface area contributed by atoms with E-state index in [4.69, 9.17) is 14.8 Å². The van der Waals surface area contributed by atoms with Crippen LogP contribution < -0.4 is 15.6 Å². The molecule has 0 fully saturated rings. The fourth-order valence-electron chi connectivity index (χ4n) is 4.34. The second-order valence-corrected chi connectivity index (χ2v) is 9.85. The van der Waals surface area contributed by atoms with Crippen molar-refractivity contribution in [1.29, 1.82) is 0 Å². The lowest BCUT2D eigenvalue weighted by Gasteiger charge is -2.26. The molecular formula is C26H27N5O2S. The summed E-state index contributed by atoms with van der Waals surface area (Å²) in [5.74, 6) is 1.49. The number of aromatic nitrogens is 3. The largest absolute Gasteiger partial charge is 0.497 e. The average molecular weight is 474 g/mol. The van der Waals surface area contributed by atoms with Crippen LogP contribution in [0.2, 0.25) is 0 Å². The SMILES string of the molecule is COc1ccc([C@@H](CNc2nn3c(=O)c4c(C)c(C)sc4nc3c3ccccc23)N(C)C)cc1. The smallest absolute Gasteiger partial charge is 0.283 e. The molecule has 8 heteroatoms. The van der Waals surface area contributed by atoms with Gasteiger partial charge in [-0.15, -0.1) is 16.4 Å². The zero-order valence-corrected chi connectivity index (χ0v) is 20.7. The molecule has 7 nitrogen and oxygen atoms in total. The van der Waals surface area contributed by atoms with Crippen LogP contribution >= 0.6 is 11.3 Å². The van der Waals surface area contributed by atoms with Crippen molar-refractivity contribution in [2.45, 2.75) is 19.9 Å². The van der Waals surface area contributed by atoms with Crippen LogP contribution in [0.5, 0.6) is 5.75 Å². The first kappa shape index (κ1) is 22.3. The predicted octanol–water partition coefficient (Wildman–Crippen LogP) is 4.80. The van der Waals surface area contributed by atoms with E-state index in [1.807, 2.05) is 50.2 Å². The van der Waals surface area contributed by atoms with Crippen molar-refractivity contribution < 1.29 is 4.74 Å². The van der Waals surface area contributed by atoms with E-state index in [-0.39, 0.29) is 11.6 Å². The zero-order valence-electron chi connectivity index (χ0n) is 19.9. The lowest BCUT2D eigenvalue weighted by Crippen LogP contribution is -2.28. The molecule has 174 valence electrons. The number of nitrogens with one attached hydrogen (secondary N) is 1. The predicted molar refractivity (Wildman–Crippen MR) is 140 cm³/mol. The number of anilines is 1. The van der Waals surface area contributed by atoms with Gasteiger partial charge in [0, 0.05) is 22.2 Å². The Morgan fingerprint density at radius 1 is 1.09 bits per heavy atom. The Kier molecular flexibility index (Phi) is 5.71. The van der Waals surface area contributed by atoms with Crippen molar-refractivity contribution in [3.05, 3.63) is 74.9 Å². The van der Waals surface area contributed by atoms with E-state index in [9.17, 15) is 4.79 Å². The third-order valence-electron chi connectivity index (χ3n) is 6.39. The number of nitrogens with zero attached hydrogens (tertiary/aromatic N) is 4. The molecule has 3 heterocycles. The van der Waals surface area contributed by atoms with Gasteiger partial charge in [-0.3, -0.25) is 4.79 Å². The van der Waals surface area contributed by atoms with E-state index in [0.29, 0.717) is 23.4 Å². The first-order valence-corrected chi connectivity index (χ1v) is 12.0. The van der Waals surface area contributed by atoms with Gasteiger partial charge in [-0.1, -0.05) is 36.4 Å². The van der Waals surface area contributed by atoms with E-state index < -0.39 is 0 Å². The van der Waals surface area contributed by atoms with Crippen molar-refractivity contribution in [3.63, 3.8) is 0 Å². The topological polar surface area (TPSA) is 71.8 Å². The summed E-state index contributed by atoms with van der Waals surface area (Å²) in [5.41, 5.74) is 2.59. The number of hydrogen-bond donors (Lipinski definition) is 1. The van der Waals surface area contributed by atoms with Gasteiger partial charge in [-0.25, -0.2) is 4.98 Å². The minimum absolute atomic E-state index is 0.0984. The van der Waals surface area contributed by atoms with Gasteiger partial charge in [-0.05, 0) is 51.2 Å². The maximum Gasteiger partial charge on any atom is 0.283 e. The van der Waals surface area contributed by atoms with Crippen molar-refractivity contribution in [2.75, 3.05) is 33.1 Å². The molecule has 0 saturated carbocycles. The summed E-state index contributed by atoms with van der Waals surface area (Å²) in [5, 5.41) is 10.8. The Morgan fingerprint density at radius 2 is 1.79 bits per heavy atom. The normalized spacial score (nSPS) is 12.6. The van der Waals surface area contributed by atoms with E-state index in [1.165, 1.54) is 4.52 Å². The molecule has 0 unspecified atom stereocenters. The molecule has 2 aromatic carbocycles. The number of aryl methyl sites for hydroxylation is 2. The summed E-state index contributed by atoms with van der Waals surface area (Å²) in [7, 11) is 5.77. The Hall–Kier alpha value is -3.49. The third kappa shape index (κ3) is 3.69. The van der Waals surface area contributed by atoms with Gasteiger partial charge in [-0.2, -0.15) is 4.52 Å². The number of rotatable bonds is 6. The quantitative estimate of drug-likeness (QED) is 0.357. The fourth-order valence-corrected chi connectivity index (χ4v) is 5.36. The molecule has 0 amide bonds.